The molecule has 2 fully saturated rings. The Kier molecular flexibility index (Phi) is 7.11. The van der Waals surface area contributed by atoms with Gasteiger partial charge in [0.05, 0.1) is 0 Å². The van der Waals surface area contributed by atoms with Gasteiger partial charge in [0, 0.05) is 11.8 Å². The van der Waals surface area contributed by atoms with E-state index in [1.165, 1.54) is 38.5 Å². The Bertz CT molecular complexity index is 620. The maximum atomic E-state index is 12.9. The molecule has 0 spiro atoms. The Morgan fingerprint density at radius 1 is 1.07 bits per heavy atom. The molecule has 29 heavy (non-hydrogen) atoms. The molecule has 3 rings (SSSR count). The highest BCUT2D eigenvalue weighted by Crippen LogP contribution is 2.64. The zero-order chi connectivity index (χ0) is 21.2. The Morgan fingerprint density at radius 3 is 2.48 bits per heavy atom. The number of rotatable bonds is 8. The zero-order valence-corrected chi connectivity index (χ0v) is 19.6. The largest absolute Gasteiger partial charge is 0.303 e. The van der Waals surface area contributed by atoms with E-state index in [0.717, 1.165) is 43.3 Å². The molecule has 0 aromatic rings. The highest BCUT2D eigenvalue weighted by Gasteiger charge is 2.58. The van der Waals surface area contributed by atoms with Crippen molar-refractivity contribution < 1.29 is 9.59 Å². The van der Waals surface area contributed by atoms with E-state index >= 15 is 0 Å². The molecule has 0 radical (unpaired) electrons. The summed E-state index contributed by atoms with van der Waals surface area (Å²) >= 11 is 0. The molecule has 0 saturated heterocycles. The van der Waals surface area contributed by atoms with Gasteiger partial charge in [-0.05, 0) is 85.5 Å². The van der Waals surface area contributed by atoms with Crippen molar-refractivity contribution in [2.24, 2.45) is 46.3 Å². The number of carbonyl (C=O) groups is 2. The predicted octanol–water partition coefficient (Wildman–Crippen LogP) is 7.02. The molecule has 0 bridgehead atoms. The van der Waals surface area contributed by atoms with Crippen LogP contribution in [0.2, 0.25) is 0 Å². The summed E-state index contributed by atoms with van der Waals surface area (Å²) < 4.78 is 0. The van der Waals surface area contributed by atoms with Crippen molar-refractivity contribution in [3.63, 3.8) is 0 Å². The summed E-state index contributed by atoms with van der Waals surface area (Å²) in [5, 5.41) is 0. The number of ketones is 1. The lowest BCUT2D eigenvalue weighted by molar-refractivity contribution is -0.135. The molecule has 2 nitrogen and oxygen atoms in total. The minimum atomic E-state index is -0.259. The molecule has 3 unspecified atom stereocenters. The molecule has 0 aliphatic heterocycles. The number of fused-ring (bicyclic) bond motifs is 1. The Labute approximate surface area is 179 Å². The number of hydrogen-bond acceptors (Lipinski definition) is 2. The quantitative estimate of drug-likeness (QED) is 0.410. The van der Waals surface area contributed by atoms with Gasteiger partial charge in [-0.3, -0.25) is 4.79 Å². The van der Waals surface area contributed by atoms with E-state index in [-0.39, 0.29) is 5.41 Å². The Balaban J connectivity index is 1.78. The maximum Gasteiger partial charge on any atom is 0.161 e. The van der Waals surface area contributed by atoms with Gasteiger partial charge in [-0.15, -0.1) is 0 Å². The lowest BCUT2D eigenvalue weighted by Gasteiger charge is -2.54. The van der Waals surface area contributed by atoms with Crippen molar-refractivity contribution in [2.45, 2.75) is 98.8 Å². The van der Waals surface area contributed by atoms with Crippen LogP contribution in [0, 0.1) is 46.3 Å². The van der Waals surface area contributed by atoms with Crippen molar-refractivity contribution in [2.75, 3.05) is 0 Å². The van der Waals surface area contributed by atoms with Gasteiger partial charge >= 0.3 is 0 Å². The first kappa shape index (κ1) is 22.8. The SMILES string of the molecule is CC(C)CCC[C@@H](C)[C@H]1CCC2C(CC=O)C([C@@]3(C)CCC=CC3=O)CC[C@@]21C. The Hall–Kier alpha value is -0.920. The van der Waals surface area contributed by atoms with Crippen molar-refractivity contribution in [1.29, 1.82) is 0 Å². The average Bonchev–Trinajstić information content (AvgIpc) is 3.02. The number of hydrogen-bond donors (Lipinski definition) is 0. The fraction of sp³-hybridized carbons (Fsp3) is 0.852. The van der Waals surface area contributed by atoms with Crippen LogP contribution in [-0.4, -0.2) is 12.1 Å². The fourth-order valence-electron chi connectivity index (χ4n) is 7.80. The third-order valence-electron chi connectivity index (χ3n) is 9.49. The first-order valence-electron chi connectivity index (χ1n) is 12.4. The van der Waals surface area contributed by atoms with E-state index in [2.05, 4.69) is 34.6 Å². The molecular formula is C27H44O2. The van der Waals surface area contributed by atoms with Crippen molar-refractivity contribution in [3.8, 4) is 0 Å². The van der Waals surface area contributed by atoms with Gasteiger partial charge < -0.3 is 4.79 Å². The number of allylic oxidation sites excluding steroid dienone is 2. The highest BCUT2D eigenvalue weighted by molar-refractivity contribution is 5.95. The van der Waals surface area contributed by atoms with Crippen LogP contribution in [0.1, 0.15) is 98.8 Å². The minimum absolute atomic E-state index is 0.259. The van der Waals surface area contributed by atoms with Crippen LogP contribution in [0.25, 0.3) is 0 Å². The fourth-order valence-corrected chi connectivity index (χ4v) is 7.80. The summed E-state index contributed by atoms with van der Waals surface area (Å²) in [7, 11) is 0. The van der Waals surface area contributed by atoms with E-state index < -0.39 is 0 Å². The van der Waals surface area contributed by atoms with Crippen molar-refractivity contribution in [1.82, 2.24) is 0 Å². The van der Waals surface area contributed by atoms with E-state index in [0.29, 0.717) is 35.4 Å². The summed E-state index contributed by atoms with van der Waals surface area (Å²) in [4.78, 5) is 24.6. The lowest BCUT2D eigenvalue weighted by atomic mass is 9.50. The molecule has 0 aromatic carbocycles. The smallest absolute Gasteiger partial charge is 0.161 e. The van der Waals surface area contributed by atoms with Gasteiger partial charge in [0.2, 0.25) is 0 Å². The third-order valence-corrected chi connectivity index (χ3v) is 9.49. The third kappa shape index (κ3) is 4.28. The number of aldehydes is 1. The van der Waals surface area contributed by atoms with Crippen LogP contribution in [0.4, 0.5) is 0 Å². The van der Waals surface area contributed by atoms with Crippen LogP contribution in [0.5, 0.6) is 0 Å². The van der Waals surface area contributed by atoms with Crippen LogP contribution in [-0.2, 0) is 9.59 Å². The molecular weight excluding hydrogens is 356 g/mol. The van der Waals surface area contributed by atoms with Gasteiger partial charge in [0.25, 0.3) is 0 Å². The summed E-state index contributed by atoms with van der Waals surface area (Å²) in [5.74, 6) is 4.03. The molecule has 0 amide bonds. The van der Waals surface area contributed by atoms with Gasteiger partial charge in [0.15, 0.2) is 5.78 Å². The van der Waals surface area contributed by atoms with Crippen LogP contribution >= 0.6 is 0 Å². The summed E-state index contributed by atoms with van der Waals surface area (Å²) in [5.41, 5.74) is 0.0933. The van der Waals surface area contributed by atoms with Crippen LogP contribution in [0.15, 0.2) is 12.2 Å². The zero-order valence-electron chi connectivity index (χ0n) is 19.6. The first-order valence-corrected chi connectivity index (χ1v) is 12.4. The minimum Gasteiger partial charge on any atom is -0.303 e. The van der Waals surface area contributed by atoms with Gasteiger partial charge in [-0.1, -0.05) is 60.0 Å². The molecule has 0 N–H and O–H groups in total. The lowest BCUT2D eigenvalue weighted by Crippen LogP contribution is -2.50. The molecule has 0 heterocycles. The number of carbonyl (C=O) groups excluding carboxylic acids is 2. The molecule has 2 saturated carbocycles. The van der Waals surface area contributed by atoms with Crippen LogP contribution in [0.3, 0.4) is 0 Å². The van der Waals surface area contributed by atoms with Gasteiger partial charge in [0.1, 0.15) is 6.29 Å². The monoisotopic (exact) mass is 400 g/mol. The summed E-state index contributed by atoms with van der Waals surface area (Å²) in [6.45, 7) is 11.9. The van der Waals surface area contributed by atoms with E-state index in [1.807, 2.05) is 12.2 Å². The van der Waals surface area contributed by atoms with E-state index in [9.17, 15) is 9.59 Å². The van der Waals surface area contributed by atoms with Crippen molar-refractivity contribution in [3.05, 3.63) is 12.2 Å². The van der Waals surface area contributed by atoms with Gasteiger partial charge in [-0.2, -0.15) is 0 Å². The summed E-state index contributed by atoms with van der Waals surface area (Å²) in [6.07, 6.45) is 16.6. The average molecular weight is 401 g/mol. The van der Waals surface area contributed by atoms with Crippen LogP contribution < -0.4 is 0 Å². The molecule has 7 atom stereocenters. The standard InChI is InChI=1S/C27H44O2/c1-19(2)9-8-10-20(3)22-12-13-23-21(15-18-28)24(14-17-26(22,23)4)27(5)16-7-6-11-25(27)29/h6,11,18-24H,7-10,12-17H2,1-5H3/t20-,21?,22-,23?,24?,26-,27-/m1/s1. The van der Waals surface area contributed by atoms with E-state index in [4.69, 9.17) is 0 Å². The molecule has 3 aliphatic rings. The first-order chi connectivity index (χ1) is 13.7. The topological polar surface area (TPSA) is 34.1 Å². The second-order valence-electron chi connectivity index (χ2n) is 11.5. The second kappa shape index (κ2) is 9.06. The summed E-state index contributed by atoms with van der Waals surface area (Å²) in [6, 6.07) is 0. The predicted molar refractivity (Wildman–Crippen MR) is 121 cm³/mol. The maximum absolute atomic E-state index is 12.9. The molecule has 2 heteroatoms. The van der Waals surface area contributed by atoms with Crippen molar-refractivity contribution >= 4 is 12.1 Å². The molecule has 164 valence electrons. The second-order valence-corrected chi connectivity index (χ2v) is 11.5. The normalized spacial score (nSPS) is 40.8. The highest BCUT2D eigenvalue weighted by atomic mass is 16.1. The Morgan fingerprint density at radius 2 is 1.83 bits per heavy atom. The van der Waals surface area contributed by atoms with E-state index in [1.54, 1.807) is 0 Å². The molecule has 0 aromatic heterocycles. The van der Waals surface area contributed by atoms with Gasteiger partial charge in [-0.25, -0.2) is 0 Å². The molecule has 3 aliphatic carbocycles.